The van der Waals surface area contributed by atoms with Crippen molar-refractivity contribution in [3.63, 3.8) is 0 Å². The zero-order valence-corrected chi connectivity index (χ0v) is 11.8. The van der Waals surface area contributed by atoms with E-state index in [0.29, 0.717) is 16.8 Å². The van der Waals surface area contributed by atoms with Gasteiger partial charge in [-0.3, -0.25) is 0 Å². The van der Waals surface area contributed by atoms with E-state index in [9.17, 15) is 14.3 Å². The van der Waals surface area contributed by atoms with Gasteiger partial charge in [-0.15, -0.1) is 0 Å². The number of hydrogen-bond acceptors (Lipinski definition) is 4. The lowest BCUT2D eigenvalue weighted by Crippen LogP contribution is -2.12. The Kier molecular flexibility index (Phi) is 4.42. The second-order valence-corrected chi connectivity index (χ2v) is 4.61. The van der Waals surface area contributed by atoms with Gasteiger partial charge in [0.05, 0.1) is 18.7 Å². The van der Waals surface area contributed by atoms with E-state index in [2.05, 4.69) is 5.32 Å². The quantitative estimate of drug-likeness (QED) is 0.846. The number of ether oxygens (including phenoxy) is 1. The van der Waals surface area contributed by atoms with Gasteiger partial charge in [0.2, 0.25) is 0 Å². The second-order valence-electron chi connectivity index (χ2n) is 4.61. The number of phenols is 1. The Labute approximate surface area is 122 Å². The van der Waals surface area contributed by atoms with Gasteiger partial charge in [0.1, 0.15) is 11.6 Å². The zero-order chi connectivity index (χ0) is 15.4. The molecule has 0 radical (unpaired) electrons. The van der Waals surface area contributed by atoms with Crippen molar-refractivity contribution < 1.29 is 19.0 Å². The van der Waals surface area contributed by atoms with E-state index >= 15 is 0 Å². The Bertz CT molecular complexity index is 658. The third-order valence-corrected chi connectivity index (χ3v) is 3.16. The first kappa shape index (κ1) is 14.8. The molecule has 0 saturated carbocycles. The monoisotopic (exact) mass is 289 g/mol. The number of nitrogens with one attached hydrogen (secondary N) is 1. The summed E-state index contributed by atoms with van der Waals surface area (Å²) in [6.45, 7) is 1.77. The third-order valence-electron chi connectivity index (χ3n) is 3.16. The Morgan fingerprint density at radius 1 is 1.29 bits per heavy atom. The first-order valence-corrected chi connectivity index (χ1v) is 6.45. The van der Waals surface area contributed by atoms with E-state index in [1.54, 1.807) is 31.2 Å². The summed E-state index contributed by atoms with van der Waals surface area (Å²) in [4.78, 5) is 11.7. The topological polar surface area (TPSA) is 58.6 Å². The number of aromatic hydroxyl groups is 1. The highest BCUT2D eigenvalue weighted by molar-refractivity contribution is 5.95. The van der Waals surface area contributed by atoms with Crippen LogP contribution in [-0.2, 0) is 4.74 Å². The summed E-state index contributed by atoms with van der Waals surface area (Å²) in [5.74, 6) is -0.904. The van der Waals surface area contributed by atoms with Crippen LogP contribution in [0.3, 0.4) is 0 Å². The van der Waals surface area contributed by atoms with E-state index in [-0.39, 0.29) is 11.8 Å². The standard InChI is InChI=1S/C16H16FNO3/c1-10(13-9-11(17)7-8-15(13)19)18-14-6-4-3-5-12(14)16(20)21-2/h3-10,18-19H,1-2H3. The molecular formula is C16H16FNO3. The lowest BCUT2D eigenvalue weighted by Gasteiger charge is -2.18. The summed E-state index contributed by atoms with van der Waals surface area (Å²) in [5, 5.41) is 12.9. The molecular weight excluding hydrogens is 273 g/mol. The molecule has 110 valence electrons. The minimum atomic E-state index is -0.464. The summed E-state index contributed by atoms with van der Waals surface area (Å²) in [6, 6.07) is 10.2. The van der Waals surface area contributed by atoms with Crippen LogP contribution in [0.15, 0.2) is 42.5 Å². The van der Waals surface area contributed by atoms with Crippen molar-refractivity contribution in [2.45, 2.75) is 13.0 Å². The summed E-state index contributed by atoms with van der Waals surface area (Å²) in [6.07, 6.45) is 0. The van der Waals surface area contributed by atoms with Gasteiger partial charge in [-0.05, 0) is 37.3 Å². The first-order chi connectivity index (χ1) is 10.0. The molecule has 0 spiro atoms. The van der Waals surface area contributed by atoms with Crippen molar-refractivity contribution in [2.75, 3.05) is 12.4 Å². The molecule has 2 aromatic rings. The SMILES string of the molecule is COC(=O)c1ccccc1NC(C)c1cc(F)ccc1O. The maximum Gasteiger partial charge on any atom is 0.339 e. The number of carbonyl (C=O) groups excluding carboxylic acids is 1. The van der Waals surface area contributed by atoms with Gasteiger partial charge in [0, 0.05) is 11.3 Å². The van der Waals surface area contributed by atoms with Gasteiger partial charge >= 0.3 is 5.97 Å². The number of halogens is 1. The van der Waals surface area contributed by atoms with E-state index in [0.717, 1.165) is 0 Å². The zero-order valence-electron chi connectivity index (χ0n) is 11.8. The molecule has 0 saturated heterocycles. The molecule has 0 aromatic heterocycles. The van der Waals surface area contributed by atoms with Crippen LogP contribution in [0.5, 0.6) is 5.75 Å². The fraction of sp³-hybridized carbons (Fsp3) is 0.188. The highest BCUT2D eigenvalue weighted by Gasteiger charge is 2.16. The number of rotatable bonds is 4. The second kappa shape index (κ2) is 6.26. The van der Waals surface area contributed by atoms with Crippen LogP contribution in [0.1, 0.15) is 28.9 Å². The molecule has 1 unspecified atom stereocenters. The molecule has 2 rings (SSSR count). The van der Waals surface area contributed by atoms with Gasteiger partial charge in [-0.1, -0.05) is 12.1 Å². The van der Waals surface area contributed by atoms with Crippen LogP contribution >= 0.6 is 0 Å². The summed E-state index contributed by atoms with van der Waals surface area (Å²) in [5.41, 5.74) is 1.35. The summed E-state index contributed by atoms with van der Waals surface area (Å²) in [7, 11) is 1.31. The molecule has 4 nitrogen and oxygen atoms in total. The van der Waals surface area contributed by atoms with Gasteiger partial charge in [-0.2, -0.15) is 0 Å². The number of benzene rings is 2. The molecule has 0 aliphatic heterocycles. The van der Waals surface area contributed by atoms with Crippen molar-refractivity contribution in [1.82, 2.24) is 0 Å². The number of phenolic OH excluding ortho intramolecular Hbond substituents is 1. The smallest absolute Gasteiger partial charge is 0.339 e. The van der Waals surface area contributed by atoms with Crippen LogP contribution in [0.4, 0.5) is 10.1 Å². The number of hydrogen-bond donors (Lipinski definition) is 2. The highest BCUT2D eigenvalue weighted by atomic mass is 19.1. The number of anilines is 1. The molecule has 0 fully saturated rings. The molecule has 2 aromatic carbocycles. The molecule has 21 heavy (non-hydrogen) atoms. The predicted octanol–water partition coefficient (Wildman–Crippen LogP) is 3.49. The highest BCUT2D eigenvalue weighted by Crippen LogP contribution is 2.29. The molecule has 0 heterocycles. The largest absolute Gasteiger partial charge is 0.508 e. The fourth-order valence-corrected chi connectivity index (χ4v) is 2.08. The van der Waals surface area contributed by atoms with Gasteiger partial charge in [0.25, 0.3) is 0 Å². The van der Waals surface area contributed by atoms with Crippen molar-refractivity contribution >= 4 is 11.7 Å². The van der Waals surface area contributed by atoms with E-state index in [1.165, 1.54) is 25.3 Å². The lowest BCUT2D eigenvalue weighted by molar-refractivity contribution is 0.0602. The predicted molar refractivity (Wildman–Crippen MR) is 77.9 cm³/mol. The van der Waals surface area contributed by atoms with Crippen molar-refractivity contribution in [1.29, 1.82) is 0 Å². The number of esters is 1. The Morgan fingerprint density at radius 3 is 2.71 bits per heavy atom. The van der Waals surface area contributed by atoms with Crippen LogP contribution in [-0.4, -0.2) is 18.2 Å². The molecule has 2 N–H and O–H groups in total. The Morgan fingerprint density at radius 2 is 2.00 bits per heavy atom. The molecule has 1 atom stereocenters. The van der Waals surface area contributed by atoms with Gasteiger partial charge in [-0.25, -0.2) is 9.18 Å². The Balaban J connectivity index is 2.30. The van der Waals surface area contributed by atoms with Crippen LogP contribution < -0.4 is 5.32 Å². The molecule has 0 aliphatic carbocycles. The van der Waals surface area contributed by atoms with Crippen molar-refractivity contribution in [3.05, 3.63) is 59.4 Å². The molecule has 0 amide bonds. The number of methoxy groups -OCH3 is 1. The maximum atomic E-state index is 13.3. The average molecular weight is 289 g/mol. The average Bonchev–Trinajstić information content (AvgIpc) is 2.49. The lowest BCUT2D eigenvalue weighted by atomic mass is 10.1. The number of carbonyl (C=O) groups is 1. The molecule has 5 heteroatoms. The fourth-order valence-electron chi connectivity index (χ4n) is 2.08. The third kappa shape index (κ3) is 3.31. The van der Waals surface area contributed by atoms with Gasteiger partial charge in [0.15, 0.2) is 0 Å². The van der Waals surface area contributed by atoms with Crippen LogP contribution in [0.2, 0.25) is 0 Å². The summed E-state index contributed by atoms with van der Waals surface area (Å²) >= 11 is 0. The van der Waals surface area contributed by atoms with Crippen molar-refractivity contribution in [3.8, 4) is 5.75 Å². The molecule has 0 bridgehead atoms. The van der Waals surface area contributed by atoms with Gasteiger partial charge < -0.3 is 15.2 Å². The van der Waals surface area contributed by atoms with Crippen LogP contribution in [0.25, 0.3) is 0 Å². The molecule has 0 aliphatic rings. The normalized spacial score (nSPS) is 11.8. The van der Waals surface area contributed by atoms with E-state index in [1.807, 2.05) is 0 Å². The minimum absolute atomic E-state index is 0.00745. The van der Waals surface area contributed by atoms with E-state index in [4.69, 9.17) is 4.74 Å². The van der Waals surface area contributed by atoms with Crippen LogP contribution in [0, 0.1) is 5.82 Å². The minimum Gasteiger partial charge on any atom is -0.508 e. The first-order valence-electron chi connectivity index (χ1n) is 6.45. The maximum absolute atomic E-state index is 13.3. The van der Waals surface area contributed by atoms with Crippen molar-refractivity contribution in [2.24, 2.45) is 0 Å². The number of para-hydroxylation sites is 1. The Hall–Kier alpha value is -2.56. The van der Waals surface area contributed by atoms with E-state index < -0.39 is 11.8 Å². The summed E-state index contributed by atoms with van der Waals surface area (Å²) < 4.78 is 18.0.